The Morgan fingerprint density at radius 3 is 1.95 bits per heavy atom. The van der Waals surface area contributed by atoms with Crippen LogP contribution < -0.4 is 0 Å². The van der Waals surface area contributed by atoms with Gasteiger partial charge in [-0.1, -0.05) is 133 Å². The number of aromatic nitrogens is 4. The lowest BCUT2D eigenvalue weighted by molar-refractivity contribution is 0.669. The fourth-order valence-electron chi connectivity index (χ4n) is 9.40. The molecule has 9 aromatic carbocycles. The number of furan rings is 1. The normalized spacial score (nSPS) is 12.2. The molecule has 5 nitrogen and oxygen atoms in total. The number of benzene rings is 9. The molecule has 0 aliphatic heterocycles. The number of nitrogens with zero attached hydrogens (tertiary/aromatic N) is 4. The molecule has 0 bridgehead atoms. The molecule has 5 heteroatoms. The molecule has 57 heavy (non-hydrogen) atoms. The number of hydrogen-bond acceptors (Lipinski definition) is 3. The van der Waals surface area contributed by atoms with Crippen LogP contribution in [0.4, 0.5) is 0 Å². The van der Waals surface area contributed by atoms with Gasteiger partial charge in [0.25, 0.3) is 0 Å². The van der Waals surface area contributed by atoms with Crippen LogP contribution in [-0.2, 0) is 0 Å². The maximum absolute atomic E-state index is 6.66. The second-order valence-electron chi connectivity index (χ2n) is 14.9. The summed E-state index contributed by atoms with van der Waals surface area (Å²) in [5, 5.41) is 11.8. The lowest BCUT2D eigenvalue weighted by Crippen LogP contribution is -2.04. The highest BCUT2D eigenvalue weighted by Gasteiger charge is 2.24. The molecule has 264 valence electrons. The highest BCUT2D eigenvalue weighted by Crippen LogP contribution is 2.43. The van der Waals surface area contributed by atoms with Gasteiger partial charge in [0.2, 0.25) is 0 Å². The summed E-state index contributed by atoms with van der Waals surface area (Å²) >= 11 is 0. The quantitative estimate of drug-likeness (QED) is 0.182. The molecule has 0 N–H and O–H groups in total. The molecule has 0 unspecified atom stereocenters. The summed E-state index contributed by atoms with van der Waals surface area (Å²) < 4.78 is 11.4. The molecule has 13 rings (SSSR count). The van der Waals surface area contributed by atoms with Crippen molar-refractivity contribution in [1.82, 2.24) is 19.1 Å². The van der Waals surface area contributed by atoms with Crippen molar-refractivity contribution in [3.05, 3.63) is 182 Å². The van der Waals surface area contributed by atoms with E-state index in [1.165, 1.54) is 48.7 Å². The molecule has 13 aromatic rings. The molecule has 0 saturated carbocycles. The molecule has 0 radical (unpaired) electrons. The van der Waals surface area contributed by atoms with E-state index in [0.717, 1.165) is 72.2 Å². The minimum atomic E-state index is 0.752. The summed E-state index contributed by atoms with van der Waals surface area (Å²) in [6, 6.07) is 64.7. The summed E-state index contributed by atoms with van der Waals surface area (Å²) in [6.07, 6.45) is 0. The standard InChI is InChI=1S/C52H30N4O/c1-3-14-34-31(12-1)25-29-45-48(34)40-28-26-33(55-44-22-9-5-16-36(44)38-27-24-32-13-2-4-15-35(32)50(38)55)30-46(40)56(45)52-49(53-42-20-7-8-21-43(42)54-52)41-19-11-18-39-37-17-6-10-23-47(37)57-51(39)41/h1-30H. The van der Waals surface area contributed by atoms with E-state index in [9.17, 15) is 0 Å². The Morgan fingerprint density at radius 2 is 1.07 bits per heavy atom. The third-order valence-corrected chi connectivity index (χ3v) is 11.9. The van der Waals surface area contributed by atoms with E-state index in [1.807, 2.05) is 30.3 Å². The lowest BCUT2D eigenvalue weighted by Gasteiger charge is -2.15. The van der Waals surface area contributed by atoms with Crippen molar-refractivity contribution >= 4 is 98.1 Å². The van der Waals surface area contributed by atoms with Gasteiger partial charge in [-0.15, -0.1) is 0 Å². The zero-order valence-corrected chi connectivity index (χ0v) is 30.5. The Hall–Kier alpha value is -7.76. The van der Waals surface area contributed by atoms with Crippen molar-refractivity contribution in [2.45, 2.75) is 0 Å². The van der Waals surface area contributed by atoms with Gasteiger partial charge in [0, 0.05) is 49.0 Å². The summed E-state index contributed by atoms with van der Waals surface area (Å²) in [5.74, 6) is 0.752. The van der Waals surface area contributed by atoms with Crippen LogP contribution in [0.3, 0.4) is 0 Å². The summed E-state index contributed by atoms with van der Waals surface area (Å²) in [4.78, 5) is 11.0. The van der Waals surface area contributed by atoms with Crippen molar-refractivity contribution in [2.24, 2.45) is 0 Å². The molecule has 0 aliphatic carbocycles. The van der Waals surface area contributed by atoms with Gasteiger partial charge in [-0.3, -0.25) is 4.57 Å². The lowest BCUT2D eigenvalue weighted by atomic mass is 10.0. The zero-order valence-electron chi connectivity index (χ0n) is 30.5. The van der Waals surface area contributed by atoms with Crippen molar-refractivity contribution in [3.63, 3.8) is 0 Å². The molecular weight excluding hydrogens is 697 g/mol. The predicted octanol–water partition coefficient (Wildman–Crippen LogP) is 13.7. The molecule has 0 saturated heterocycles. The highest BCUT2D eigenvalue weighted by molar-refractivity contribution is 6.23. The Kier molecular flexibility index (Phi) is 6.10. The van der Waals surface area contributed by atoms with Crippen molar-refractivity contribution in [3.8, 4) is 22.8 Å². The second-order valence-corrected chi connectivity index (χ2v) is 14.9. The fraction of sp³-hybridized carbons (Fsp3) is 0. The van der Waals surface area contributed by atoms with Crippen LogP contribution >= 0.6 is 0 Å². The van der Waals surface area contributed by atoms with E-state index in [4.69, 9.17) is 14.4 Å². The van der Waals surface area contributed by atoms with Gasteiger partial charge in [-0.05, 0) is 64.7 Å². The van der Waals surface area contributed by atoms with Crippen LogP contribution in [-0.4, -0.2) is 19.1 Å². The van der Waals surface area contributed by atoms with Gasteiger partial charge >= 0.3 is 0 Å². The smallest absolute Gasteiger partial charge is 0.165 e. The van der Waals surface area contributed by atoms with Gasteiger partial charge in [0.15, 0.2) is 5.82 Å². The first-order valence-electron chi connectivity index (χ1n) is 19.3. The van der Waals surface area contributed by atoms with Gasteiger partial charge in [0.1, 0.15) is 16.9 Å². The summed E-state index contributed by atoms with van der Waals surface area (Å²) in [7, 11) is 0. The van der Waals surface area contributed by atoms with Crippen molar-refractivity contribution in [2.75, 3.05) is 0 Å². The minimum Gasteiger partial charge on any atom is -0.455 e. The number of rotatable bonds is 3. The van der Waals surface area contributed by atoms with E-state index >= 15 is 0 Å². The van der Waals surface area contributed by atoms with Crippen LogP contribution in [0.1, 0.15) is 0 Å². The molecule has 0 aliphatic rings. The monoisotopic (exact) mass is 726 g/mol. The largest absolute Gasteiger partial charge is 0.455 e. The minimum absolute atomic E-state index is 0.752. The number of fused-ring (bicyclic) bond motifs is 14. The van der Waals surface area contributed by atoms with E-state index in [0.29, 0.717) is 0 Å². The first-order valence-corrected chi connectivity index (χ1v) is 19.3. The SMILES string of the molecule is c1ccc2c(c1)ccc1c2c2ccc(-n3c4ccccc4c4ccc5ccccc5c43)cc2n1-c1nc2ccccc2nc1-c1cccc2c1oc1ccccc12. The van der Waals surface area contributed by atoms with Gasteiger partial charge < -0.3 is 8.98 Å². The van der Waals surface area contributed by atoms with Crippen molar-refractivity contribution in [1.29, 1.82) is 0 Å². The Balaban J connectivity index is 1.20. The molecule has 4 aromatic heterocycles. The number of hydrogen-bond donors (Lipinski definition) is 0. The molecular formula is C52H30N4O. The zero-order chi connectivity index (χ0) is 37.2. The van der Waals surface area contributed by atoms with Crippen molar-refractivity contribution < 1.29 is 4.42 Å². The average Bonchev–Trinajstić information content (AvgIpc) is 3.94. The third-order valence-electron chi connectivity index (χ3n) is 11.9. The van der Waals surface area contributed by atoms with Crippen LogP contribution in [0.5, 0.6) is 0 Å². The van der Waals surface area contributed by atoms with Gasteiger partial charge in [-0.25, -0.2) is 9.97 Å². The average molecular weight is 727 g/mol. The maximum Gasteiger partial charge on any atom is 0.165 e. The van der Waals surface area contributed by atoms with E-state index in [-0.39, 0.29) is 0 Å². The van der Waals surface area contributed by atoms with Gasteiger partial charge in [0.05, 0.1) is 33.1 Å². The maximum atomic E-state index is 6.66. The third kappa shape index (κ3) is 4.23. The number of para-hydroxylation sites is 5. The Bertz CT molecular complexity index is 3830. The van der Waals surface area contributed by atoms with E-state index in [1.54, 1.807) is 0 Å². The van der Waals surface area contributed by atoms with E-state index in [2.05, 4.69) is 161 Å². The molecule has 0 fully saturated rings. The molecule has 4 heterocycles. The Morgan fingerprint density at radius 1 is 0.404 bits per heavy atom. The summed E-state index contributed by atoms with van der Waals surface area (Å²) in [5.41, 5.74) is 10.5. The first kappa shape index (κ1) is 30.6. The van der Waals surface area contributed by atoms with Gasteiger partial charge in [-0.2, -0.15) is 0 Å². The molecule has 0 amide bonds. The predicted molar refractivity (Wildman–Crippen MR) is 236 cm³/mol. The Labute approximate surface area is 325 Å². The van der Waals surface area contributed by atoms with Crippen LogP contribution in [0.2, 0.25) is 0 Å². The second kappa shape index (κ2) is 11.4. The van der Waals surface area contributed by atoms with Crippen LogP contribution in [0, 0.1) is 0 Å². The molecule has 0 atom stereocenters. The fourth-order valence-corrected chi connectivity index (χ4v) is 9.40. The topological polar surface area (TPSA) is 48.8 Å². The van der Waals surface area contributed by atoms with Crippen LogP contribution in [0.25, 0.3) is 121 Å². The summed E-state index contributed by atoms with van der Waals surface area (Å²) in [6.45, 7) is 0. The molecule has 0 spiro atoms. The first-order chi connectivity index (χ1) is 28.3. The highest BCUT2D eigenvalue weighted by atomic mass is 16.3. The van der Waals surface area contributed by atoms with E-state index < -0.39 is 0 Å². The van der Waals surface area contributed by atoms with Crippen LogP contribution in [0.15, 0.2) is 186 Å².